The highest BCUT2D eigenvalue weighted by Crippen LogP contribution is 2.36. The van der Waals surface area contributed by atoms with Gasteiger partial charge in [-0.1, -0.05) is 41.9 Å². The Balaban J connectivity index is 1.70. The molecule has 32 heavy (non-hydrogen) atoms. The number of rotatable bonds is 4. The number of para-hydroxylation sites is 1. The van der Waals surface area contributed by atoms with Gasteiger partial charge < -0.3 is 10.1 Å². The Morgan fingerprint density at radius 1 is 1.06 bits per heavy atom. The van der Waals surface area contributed by atoms with Crippen molar-refractivity contribution in [2.45, 2.75) is 6.54 Å². The lowest BCUT2D eigenvalue weighted by Gasteiger charge is -2.06. The highest BCUT2D eigenvalue weighted by atomic mass is 35.5. The second kappa shape index (κ2) is 7.50. The summed E-state index contributed by atoms with van der Waals surface area (Å²) in [7, 11) is 1.51. The molecule has 5 rings (SSSR count). The van der Waals surface area contributed by atoms with E-state index in [4.69, 9.17) is 11.6 Å². The molecular weight excluding hydrogens is 434 g/mol. The van der Waals surface area contributed by atoms with Gasteiger partial charge in [-0.15, -0.1) is 10.2 Å². The minimum absolute atomic E-state index is 0.103. The number of nitrogens with zero attached hydrogens (tertiary/aromatic N) is 5. The Morgan fingerprint density at radius 2 is 1.81 bits per heavy atom. The first-order chi connectivity index (χ1) is 15.4. The molecule has 0 aliphatic heterocycles. The van der Waals surface area contributed by atoms with E-state index in [1.165, 1.54) is 11.6 Å². The van der Waals surface area contributed by atoms with Crippen molar-refractivity contribution in [3.63, 3.8) is 0 Å². The average Bonchev–Trinajstić information content (AvgIpc) is 3.29. The zero-order valence-corrected chi connectivity index (χ0v) is 17.5. The van der Waals surface area contributed by atoms with E-state index in [1.54, 1.807) is 28.8 Å². The summed E-state index contributed by atoms with van der Waals surface area (Å²) in [6.45, 7) is 0.239. The van der Waals surface area contributed by atoms with Crippen LogP contribution in [0.2, 0.25) is 5.02 Å². The van der Waals surface area contributed by atoms with E-state index in [-0.39, 0.29) is 35.2 Å². The number of H-pyrrole nitrogens is 2. The molecular formula is C21H16ClN7O3. The summed E-state index contributed by atoms with van der Waals surface area (Å²) in [4.78, 5) is 34.2. The predicted octanol–water partition coefficient (Wildman–Crippen LogP) is 3.73. The number of hydrogen-bond acceptors (Lipinski definition) is 6. The Labute approximate surface area is 184 Å². The number of aromatic hydroxyl groups is 1. The number of aromatic amines is 2. The summed E-state index contributed by atoms with van der Waals surface area (Å²) in [6.07, 6.45) is 0. The van der Waals surface area contributed by atoms with E-state index in [2.05, 4.69) is 25.2 Å². The molecule has 3 aromatic heterocycles. The van der Waals surface area contributed by atoms with Crippen LogP contribution in [-0.4, -0.2) is 29.2 Å². The summed E-state index contributed by atoms with van der Waals surface area (Å²) in [6, 6.07) is 14.4. The fourth-order valence-corrected chi connectivity index (χ4v) is 3.66. The Morgan fingerprint density at radius 3 is 2.59 bits per heavy atom. The second-order valence-electron chi connectivity index (χ2n) is 7.18. The lowest BCUT2D eigenvalue weighted by molar-refractivity contribution is 0.459. The van der Waals surface area contributed by atoms with Crippen LogP contribution in [0.25, 0.3) is 22.1 Å². The minimum Gasteiger partial charge on any atom is -0.493 e. The molecule has 0 bridgehead atoms. The normalized spacial score (nSPS) is 11.8. The second-order valence-corrected chi connectivity index (χ2v) is 7.62. The zero-order valence-electron chi connectivity index (χ0n) is 16.7. The summed E-state index contributed by atoms with van der Waals surface area (Å²) < 4.78 is 2.80. The first-order valence-electron chi connectivity index (χ1n) is 9.58. The van der Waals surface area contributed by atoms with Crippen molar-refractivity contribution in [3.8, 4) is 5.88 Å². The van der Waals surface area contributed by atoms with Crippen LogP contribution < -0.4 is 11.2 Å². The first-order valence-corrected chi connectivity index (χ1v) is 9.95. The van der Waals surface area contributed by atoms with E-state index in [9.17, 15) is 14.7 Å². The van der Waals surface area contributed by atoms with Crippen LogP contribution in [0.4, 0.5) is 11.6 Å². The van der Waals surface area contributed by atoms with Crippen LogP contribution in [0.5, 0.6) is 5.88 Å². The zero-order chi connectivity index (χ0) is 22.4. The molecule has 3 heterocycles. The summed E-state index contributed by atoms with van der Waals surface area (Å²) in [5.74, 6) is -0.0353. The van der Waals surface area contributed by atoms with Crippen LogP contribution in [-0.2, 0) is 13.6 Å². The van der Waals surface area contributed by atoms with E-state index in [0.717, 1.165) is 5.56 Å². The molecule has 0 fully saturated rings. The molecule has 10 nitrogen and oxygen atoms in total. The smallest absolute Gasteiger partial charge is 0.329 e. The van der Waals surface area contributed by atoms with Gasteiger partial charge in [-0.25, -0.2) is 4.79 Å². The fraction of sp³-hybridized carbons (Fsp3) is 0.0952. The van der Waals surface area contributed by atoms with E-state index < -0.39 is 11.2 Å². The minimum atomic E-state index is -0.587. The topological polar surface area (TPSA) is 133 Å². The molecule has 0 saturated carbocycles. The number of aromatic nitrogens is 5. The monoisotopic (exact) mass is 449 g/mol. The molecule has 0 aliphatic carbocycles. The van der Waals surface area contributed by atoms with Gasteiger partial charge in [0.15, 0.2) is 16.9 Å². The highest BCUT2D eigenvalue weighted by molar-refractivity contribution is 6.30. The molecule has 2 aromatic carbocycles. The van der Waals surface area contributed by atoms with Gasteiger partial charge >= 0.3 is 5.69 Å². The SMILES string of the molecule is Cn1c(=O)[nH]c(=O)c2c1nc(N=Nc1c(O)[nH]c3ccccc13)n2Cc1ccc(Cl)cc1. The third-order valence-electron chi connectivity index (χ3n) is 5.14. The standard InChI is InChI=1S/C21H16ClN7O3/c1-28-17-16(19(31)25-21(28)32)29(10-11-6-8-12(22)9-7-11)20(24-17)27-26-15-13-4-2-3-5-14(13)23-18(15)30/h2-9,23,30H,10H2,1H3,(H,25,31,32). The van der Waals surface area contributed by atoms with Crippen molar-refractivity contribution in [3.05, 3.63) is 80.0 Å². The number of halogens is 1. The maximum Gasteiger partial charge on any atom is 0.329 e. The molecule has 11 heteroatoms. The third kappa shape index (κ3) is 3.26. The van der Waals surface area contributed by atoms with Crippen molar-refractivity contribution < 1.29 is 5.11 Å². The highest BCUT2D eigenvalue weighted by Gasteiger charge is 2.18. The Hall–Kier alpha value is -4.18. The van der Waals surface area contributed by atoms with Gasteiger partial charge in [0.1, 0.15) is 0 Å². The first kappa shape index (κ1) is 19.8. The largest absolute Gasteiger partial charge is 0.493 e. The number of benzene rings is 2. The molecule has 0 spiro atoms. The lowest BCUT2D eigenvalue weighted by atomic mass is 10.2. The predicted molar refractivity (Wildman–Crippen MR) is 120 cm³/mol. The number of aryl methyl sites for hydroxylation is 1. The number of fused-ring (bicyclic) bond motifs is 2. The van der Waals surface area contributed by atoms with Crippen LogP contribution >= 0.6 is 11.6 Å². The number of imidazole rings is 1. The molecule has 0 radical (unpaired) electrons. The van der Waals surface area contributed by atoms with E-state index in [1.807, 2.05) is 24.3 Å². The average molecular weight is 450 g/mol. The quantitative estimate of drug-likeness (QED) is 0.360. The van der Waals surface area contributed by atoms with Gasteiger partial charge in [-0.05, 0) is 23.8 Å². The molecule has 160 valence electrons. The van der Waals surface area contributed by atoms with Crippen molar-refractivity contribution in [1.82, 2.24) is 24.1 Å². The fourth-order valence-electron chi connectivity index (χ4n) is 3.53. The Bertz CT molecular complexity index is 1620. The van der Waals surface area contributed by atoms with Crippen molar-refractivity contribution in [2.24, 2.45) is 17.3 Å². The summed E-state index contributed by atoms with van der Waals surface area (Å²) in [5, 5.41) is 19.9. The molecule has 0 unspecified atom stereocenters. The molecule has 5 aromatic rings. The third-order valence-corrected chi connectivity index (χ3v) is 5.39. The summed E-state index contributed by atoms with van der Waals surface area (Å²) in [5.41, 5.74) is 0.968. The number of hydrogen-bond donors (Lipinski definition) is 3. The van der Waals surface area contributed by atoms with E-state index >= 15 is 0 Å². The molecule has 0 aliphatic rings. The maximum atomic E-state index is 12.6. The van der Waals surface area contributed by atoms with Crippen LogP contribution in [0, 0.1) is 0 Å². The Kier molecular flexibility index (Phi) is 4.63. The lowest BCUT2D eigenvalue weighted by Crippen LogP contribution is -2.29. The molecule has 0 amide bonds. The van der Waals surface area contributed by atoms with Gasteiger partial charge in [0, 0.05) is 17.5 Å². The summed E-state index contributed by atoms with van der Waals surface area (Å²) >= 11 is 5.98. The van der Waals surface area contributed by atoms with Gasteiger partial charge in [0.05, 0.1) is 12.1 Å². The van der Waals surface area contributed by atoms with Crippen molar-refractivity contribution >= 4 is 45.3 Å². The van der Waals surface area contributed by atoms with Gasteiger partial charge in [-0.3, -0.25) is 18.9 Å². The molecule has 0 atom stereocenters. The van der Waals surface area contributed by atoms with E-state index in [0.29, 0.717) is 15.9 Å². The number of nitrogens with one attached hydrogen (secondary N) is 2. The number of azo groups is 1. The van der Waals surface area contributed by atoms with Gasteiger partial charge in [-0.2, -0.15) is 4.98 Å². The van der Waals surface area contributed by atoms with Crippen LogP contribution in [0.1, 0.15) is 5.56 Å². The van der Waals surface area contributed by atoms with Gasteiger partial charge in [0.25, 0.3) is 11.5 Å². The van der Waals surface area contributed by atoms with Crippen LogP contribution in [0.3, 0.4) is 0 Å². The van der Waals surface area contributed by atoms with Crippen molar-refractivity contribution in [1.29, 1.82) is 0 Å². The van der Waals surface area contributed by atoms with Crippen LogP contribution in [0.15, 0.2) is 68.3 Å². The maximum absolute atomic E-state index is 12.6. The van der Waals surface area contributed by atoms with Crippen molar-refractivity contribution in [2.75, 3.05) is 0 Å². The van der Waals surface area contributed by atoms with Gasteiger partial charge in [0.2, 0.25) is 5.88 Å². The molecule has 3 N–H and O–H groups in total. The molecule has 0 saturated heterocycles.